The van der Waals surface area contributed by atoms with Gasteiger partial charge in [0.15, 0.2) is 5.96 Å². The van der Waals surface area contributed by atoms with Crippen molar-refractivity contribution in [2.45, 2.75) is 18.3 Å². The first kappa shape index (κ1) is 13.7. The molecule has 0 aliphatic carbocycles. The number of H-pyrrole nitrogens is 1. The van der Waals surface area contributed by atoms with Gasteiger partial charge in [-0.15, -0.1) is 0 Å². The Morgan fingerprint density at radius 3 is 2.74 bits per heavy atom. The molecule has 1 aliphatic rings. The molecule has 0 saturated carbocycles. The number of rotatable bonds is 3. The van der Waals surface area contributed by atoms with Crippen molar-refractivity contribution in [3.63, 3.8) is 0 Å². The molecule has 106 valence electrons. The van der Waals surface area contributed by atoms with E-state index in [4.69, 9.17) is 16.2 Å². The van der Waals surface area contributed by atoms with Gasteiger partial charge in [0.05, 0.1) is 12.2 Å². The Hall–Kier alpha value is -1.74. The zero-order valence-corrected chi connectivity index (χ0v) is 10.1. The lowest BCUT2D eigenvalue weighted by atomic mass is 9.94. The van der Waals surface area contributed by atoms with Gasteiger partial charge in [-0.25, -0.2) is 4.99 Å². The molecule has 0 amide bonds. The number of aliphatic imine (C=N–C) groups is 1. The smallest absolute Gasteiger partial charge is 0.385 e. The van der Waals surface area contributed by atoms with Gasteiger partial charge in [0.1, 0.15) is 11.5 Å². The van der Waals surface area contributed by atoms with Crippen LogP contribution in [-0.2, 0) is 16.6 Å². The molecule has 1 unspecified atom stereocenters. The van der Waals surface area contributed by atoms with E-state index in [1.54, 1.807) is 0 Å². The number of hydrogen-bond acceptors (Lipinski definition) is 5. The number of alkyl halides is 3. The van der Waals surface area contributed by atoms with Gasteiger partial charge in [0.2, 0.25) is 0 Å². The van der Waals surface area contributed by atoms with E-state index in [0.717, 1.165) is 6.20 Å². The van der Waals surface area contributed by atoms with Gasteiger partial charge in [-0.05, 0) is 0 Å². The van der Waals surface area contributed by atoms with E-state index >= 15 is 0 Å². The molecule has 19 heavy (non-hydrogen) atoms. The molecule has 0 fully saturated rings. The Bertz CT molecular complexity index is 510. The number of nitrogens with one attached hydrogen (secondary N) is 2. The number of nitrogens with zero attached hydrogens (tertiary/aromatic N) is 1. The maximum Gasteiger partial charge on any atom is 0.418 e. The normalized spacial score (nSPS) is 22.7. The summed E-state index contributed by atoms with van der Waals surface area (Å²) < 4.78 is 43.7. The summed E-state index contributed by atoms with van der Waals surface area (Å²) in [6, 6.07) is 0. The first-order chi connectivity index (χ1) is 8.78. The largest absolute Gasteiger partial charge is 0.418 e. The fourth-order valence-electron chi connectivity index (χ4n) is 2.06. The lowest BCUT2D eigenvalue weighted by molar-refractivity contribution is -0.138. The second-order valence-electron chi connectivity index (χ2n) is 4.24. The number of aromatic nitrogens is 1. The average molecular weight is 277 g/mol. The third-order valence-electron chi connectivity index (χ3n) is 2.88. The predicted molar refractivity (Wildman–Crippen MR) is 63.4 cm³/mol. The number of methoxy groups -OCH3 is 1. The van der Waals surface area contributed by atoms with E-state index in [-0.39, 0.29) is 30.4 Å². The number of ether oxygens (including phenoxy) is 1. The number of fused-ring (bicyclic) bond motifs is 1. The van der Waals surface area contributed by atoms with Crippen LogP contribution in [0.1, 0.15) is 17.5 Å². The molecule has 1 aromatic heterocycles. The molecule has 1 aliphatic heterocycles. The molecule has 2 heterocycles. The summed E-state index contributed by atoms with van der Waals surface area (Å²) in [5.74, 6) is 0.0695. The number of nitrogens with two attached hydrogens (primary N) is 2. The molecule has 6 nitrogen and oxygen atoms in total. The Labute approximate surface area is 107 Å². The molecule has 0 saturated heterocycles. The van der Waals surface area contributed by atoms with E-state index in [1.807, 2.05) is 0 Å². The van der Waals surface area contributed by atoms with Gasteiger partial charge in [-0.3, -0.25) is 0 Å². The molecule has 6 N–H and O–H groups in total. The van der Waals surface area contributed by atoms with Crippen LogP contribution in [0.25, 0.3) is 0 Å². The van der Waals surface area contributed by atoms with Crippen molar-refractivity contribution in [3.8, 4) is 0 Å². The second-order valence-corrected chi connectivity index (χ2v) is 4.24. The summed E-state index contributed by atoms with van der Waals surface area (Å²) >= 11 is 0. The highest BCUT2D eigenvalue weighted by molar-refractivity contribution is 5.95. The van der Waals surface area contributed by atoms with Crippen LogP contribution in [0.15, 0.2) is 11.2 Å². The maximum atomic E-state index is 13.0. The average Bonchev–Trinajstić information content (AvgIpc) is 2.70. The Balaban J connectivity index is 2.52. The van der Waals surface area contributed by atoms with Crippen molar-refractivity contribution >= 4 is 11.8 Å². The topological polar surface area (TPSA) is 101 Å². The van der Waals surface area contributed by atoms with E-state index in [0.29, 0.717) is 0 Å². The van der Waals surface area contributed by atoms with Crippen LogP contribution >= 0.6 is 0 Å². The predicted octanol–water partition coefficient (Wildman–Crippen LogP) is 0.922. The number of aromatic amines is 1. The molecule has 0 aromatic carbocycles. The summed E-state index contributed by atoms with van der Waals surface area (Å²) in [6.45, 7) is 0.162. The van der Waals surface area contributed by atoms with E-state index in [9.17, 15) is 13.2 Å². The molecule has 0 radical (unpaired) electrons. The first-order valence-electron chi connectivity index (χ1n) is 5.47. The maximum absolute atomic E-state index is 13.0. The van der Waals surface area contributed by atoms with Crippen molar-refractivity contribution in [2.24, 2.45) is 16.5 Å². The van der Waals surface area contributed by atoms with Gasteiger partial charge < -0.3 is 26.5 Å². The van der Waals surface area contributed by atoms with Crippen LogP contribution in [-0.4, -0.2) is 24.7 Å². The minimum absolute atomic E-state index is 0.0401. The molecule has 9 heteroatoms. The summed E-state index contributed by atoms with van der Waals surface area (Å²) in [7, 11) is 1.43. The summed E-state index contributed by atoms with van der Waals surface area (Å²) in [5, 5.41) is 2.54. The third-order valence-corrected chi connectivity index (χ3v) is 2.88. The van der Waals surface area contributed by atoms with E-state index in [1.165, 1.54) is 7.11 Å². The highest BCUT2D eigenvalue weighted by atomic mass is 19.4. The molecule has 1 atom stereocenters. The van der Waals surface area contributed by atoms with Crippen molar-refractivity contribution < 1.29 is 17.9 Å². The molecular weight excluding hydrogens is 263 g/mol. The Morgan fingerprint density at radius 1 is 1.47 bits per heavy atom. The monoisotopic (exact) mass is 277 g/mol. The zero-order chi connectivity index (χ0) is 14.3. The number of anilines is 1. The fraction of sp³-hybridized carbons (Fsp3) is 0.500. The molecular formula is C10H14F3N5O. The van der Waals surface area contributed by atoms with Crippen LogP contribution in [0.5, 0.6) is 0 Å². The van der Waals surface area contributed by atoms with Crippen LogP contribution in [0.4, 0.5) is 19.0 Å². The van der Waals surface area contributed by atoms with Gasteiger partial charge >= 0.3 is 6.18 Å². The molecule has 1 aromatic rings. The minimum atomic E-state index is -4.52. The number of guanidine groups is 1. The third kappa shape index (κ3) is 2.38. The van der Waals surface area contributed by atoms with Crippen LogP contribution in [0, 0.1) is 0 Å². The molecule has 0 bridgehead atoms. The van der Waals surface area contributed by atoms with E-state index < -0.39 is 17.4 Å². The minimum Gasteiger partial charge on any atom is -0.385 e. The highest BCUT2D eigenvalue weighted by Crippen LogP contribution is 2.42. The van der Waals surface area contributed by atoms with Crippen molar-refractivity contribution in [2.75, 3.05) is 19.0 Å². The quantitative estimate of drug-likeness (QED) is 0.660. The fourth-order valence-corrected chi connectivity index (χ4v) is 2.06. The highest BCUT2D eigenvalue weighted by Gasteiger charge is 2.44. The van der Waals surface area contributed by atoms with Gasteiger partial charge in [-0.2, -0.15) is 13.2 Å². The van der Waals surface area contributed by atoms with Gasteiger partial charge in [0.25, 0.3) is 0 Å². The van der Waals surface area contributed by atoms with Gasteiger partial charge in [-0.1, -0.05) is 0 Å². The Morgan fingerprint density at radius 2 is 2.16 bits per heavy atom. The molecule has 0 spiro atoms. The SMILES string of the molecule is COCCC1(N)N=C(N)Nc2[nH]cc(C(F)(F)F)c21. The van der Waals surface area contributed by atoms with E-state index in [2.05, 4.69) is 15.3 Å². The Kier molecular flexibility index (Phi) is 3.19. The number of halogens is 3. The summed E-state index contributed by atoms with van der Waals surface area (Å²) in [4.78, 5) is 6.38. The lowest BCUT2D eigenvalue weighted by Gasteiger charge is -2.31. The summed E-state index contributed by atoms with van der Waals surface area (Å²) in [6.07, 6.45) is -3.59. The van der Waals surface area contributed by atoms with Crippen LogP contribution < -0.4 is 16.8 Å². The second kappa shape index (κ2) is 4.42. The van der Waals surface area contributed by atoms with Gasteiger partial charge in [0, 0.05) is 25.3 Å². The van der Waals surface area contributed by atoms with Crippen molar-refractivity contribution in [1.29, 1.82) is 0 Å². The number of hydrogen-bond donors (Lipinski definition) is 4. The first-order valence-corrected chi connectivity index (χ1v) is 5.47. The summed E-state index contributed by atoms with van der Waals surface area (Å²) in [5.41, 5.74) is 8.95. The lowest BCUT2D eigenvalue weighted by Crippen LogP contribution is -2.44. The van der Waals surface area contributed by atoms with Crippen molar-refractivity contribution in [1.82, 2.24) is 4.98 Å². The van der Waals surface area contributed by atoms with Crippen LogP contribution in [0.2, 0.25) is 0 Å². The zero-order valence-electron chi connectivity index (χ0n) is 10.1. The van der Waals surface area contributed by atoms with Crippen LogP contribution in [0.3, 0.4) is 0 Å². The van der Waals surface area contributed by atoms with Crippen molar-refractivity contribution in [3.05, 3.63) is 17.3 Å². The molecule has 2 rings (SSSR count). The standard InChI is InChI=1S/C10H14F3N5O/c1-19-3-2-9(15)6-5(10(11,12)13)4-16-7(6)17-8(14)18-9/h4,16H,2-3,15H2,1H3,(H3,14,17,18).